The number of fused-ring (bicyclic) bond motifs is 8. The summed E-state index contributed by atoms with van der Waals surface area (Å²) in [5.74, 6) is -0.102. The number of phenols is 3. The number of aromatic nitrogens is 5. The zero-order valence-electron chi connectivity index (χ0n) is 49.7. The average Bonchev–Trinajstić information content (AvgIpc) is 0.852. The molecule has 16 heteroatoms. The van der Waals surface area contributed by atoms with E-state index in [2.05, 4.69) is 95.9 Å². The lowest BCUT2D eigenvalue weighted by Crippen LogP contribution is -2.19. The second-order valence-corrected chi connectivity index (χ2v) is 21.7. The van der Waals surface area contributed by atoms with Gasteiger partial charge in [-0.05, 0) is 147 Å². The largest absolute Gasteiger partial charge is 0.515 e. The van der Waals surface area contributed by atoms with E-state index in [0.717, 1.165) is 89.3 Å². The second kappa shape index (κ2) is 25.5. The Morgan fingerprint density at radius 2 is 0.835 bits per heavy atom. The number of rotatable bonds is 7. The number of hydrogen-bond donors (Lipinski definition) is 8. The summed E-state index contributed by atoms with van der Waals surface area (Å²) < 4.78 is 4.68. The Bertz CT molecular complexity index is 5340. The lowest BCUT2D eigenvalue weighted by Gasteiger charge is -2.10. The molecule has 446 valence electrons. The van der Waals surface area contributed by atoms with Crippen LogP contribution in [0, 0.1) is 20.8 Å². The van der Waals surface area contributed by atoms with Gasteiger partial charge in [0.15, 0.2) is 0 Å². The third-order valence-electron chi connectivity index (χ3n) is 15.1. The number of nitrogens with zero attached hydrogens (tertiary/aromatic N) is 4. The van der Waals surface area contributed by atoms with Crippen LogP contribution in [0.3, 0.4) is 0 Å². The number of nitrogens with one attached hydrogen (secondary N) is 4. The highest BCUT2D eigenvalue weighted by Crippen LogP contribution is 2.35. The van der Waals surface area contributed by atoms with Crippen molar-refractivity contribution in [2.24, 2.45) is 0 Å². The van der Waals surface area contributed by atoms with Gasteiger partial charge in [-0.15, -0.1) is 0 Å². The van der Waals surface area contributed by atoms with Gasteiger partial charge in [-0.2, -0.15) is 0 Å². The van der Waals surface area contributed by atoms with E-state index in [1.165, 1.54) is 36.4 Å². The number of aromatic amines is 1. The summed E-state index contributed by atoms with van der Waals surface area (Å²) in [4.78, 5) is 56.8. The third kappa shape index (κ3) is 12.9. The number of anilines is 6. The Labute approximate surface area is 519 Å². The number of para-hydroxylation sites is 4. The van der Waals surface area contributed by atoms with Crippen LogP contribution < -0.4 is 32.0 Å². The van der Waals surface area contributed by atoms with Crippen LogP contribution in [0.15, 0.2) is 234 Å². The maximum Gasteiger partial charge on any atom is 0.340 e. The van der Waals surface area contributed by atoms with Crippen LogP contribution >= 0.6 is 0 Å². The standard InChI is InChI=1S/2C20H16N2O.C19H14N2O.C16H12N2O5/c2*1-13-5-4-7-16(9-13)21-17-11-15-10-14-6-2-3-8-18(14)22-20(15)19(23)12-17;22-18-12-16(20-15-7-2-1-3-8-15)11-14-10-13-6-4-5-9-17(13)21-19(14)18;1-7-5-11(21)15-13(9(7)6-19)18-14-10(20)4-3-8(12(14)17-15)16(22)23-2/h2*2-12,21,23H,1H3;1-12,20,22H;3-6,17,19H,1-2H3. The second-order valence-electron chi connectivity index (χ2n) is 21.7. The van der Waals surface area contributed by atoms with Crippen molar-refractivity contribution in [1.82, 2.24) is 24.9 Å². The molecular weight excluding hydrogens is 1140 g/mol. The first-order valence-electron chi connectivity index (χ1n) is 29.0. The van der Waals surface area contributed by atoms with E-state index in [0.29, 0.717) is 27.3 Å². The van der Waals surface area contributed by atoms with Gasteiger partial charge in [0, 0.05) is 89.9 Å². The van der Waals surface area contributed by atoms with Gasteiger partial charge in [-0.1, -0.05) is 97.1 Å². The van der Waals surface area contributed by atoms with Crippen molar-refractivity contribution in [3.8, 4) is 17.2 Å². The number of benzene rings is 11. The number of aromatic hydroxyl groups is 3. The van der Waals surface area contributed by atoms with Crippen molar-refractivity contribution < 1.29 is 30.0 Å². The summed E-state index contributed by atoms with van der Waals surface area (Å²) in [5, 5.41) is 56.6. The Kier molecular flexibility index (Phi) is 16.5. The molecule has 0 atom stereocenters. The molecule has 4 aromatic heterocycles. The van der Waals surface area contributed by atoms with Gasteiger partial charge in [0.1, 0.15) is 50.3 Å². The number of carbonyl (C=O) groups excluding carboxylic acids is 1. The number of hydrogen-bond acceptors (Lipinski definition) is 15. The maximum absolute atomic E-state index is 12.2. The van der Waals surface area contributed by atoms with Gasteiger partial charge < -0.3 is 46.1 Å². The predicted molar refractivity (Wildman–Crippen MR) is 366 cm³/mol. The molecule has 8 N–H and O–H groups in total. The molecule has 0 fully saturated rings. The van der Waals surface area contributed by atoms with Crippen LogP contribution in [0.5, 0.6) is 17.2 Å². The fourth-order valence-corrected chi connectivity index (χ4v) is 10.8. The first kappa shape index (κ1) is 58.9. The van der Waals surface area contributed by atoms with E-state index < -0.39 is 11.4 Å². The minimum Gasteiger partial charge on any atom is -0.515 e. The minimum absolute atomic E-state index is 0.00602. The van der Waals surface area contributed by atoms with Crippen LogP contribution in [0.25, 0.3) is 93.7 Å². The molecule has 0 aliphatic carbocycles. The molecule has 0 saturated carbocycles. The number of carbonyl (C=O) groups is 1. The van der Waals surface area contributed by atoms with Gasteiger partial charge in [0.25, 0.3) is 0 Å². The van der Waals surface area contributed by atoms with Crippen molar-refractivity contribution in [1.29, 1.82) is 0 Å². The number of methoxy groups -OCH3 is 1. The first-order chi connectivity index (χ1) is 44.1. The lowest BCUT2D eigenvalue weighted by atomic mass is 10.1. The van der Waals surface area contributed by atoms with Crippen molar-refractivity contribution in [3.63, 3.8) is 0 Å². The van der Waals surface area contributed by atoms with E-state index >= 15 is 0 Å². The zero-order chi connectivity index (χ0) is 63.3. The number of aryl methyl sites for hydroxylation is 3. The summed E-state index contributed by atoms with van der Waals surface area (Å²) in [5.41, 5.74) is 12.7. The van der Waals surface area contributed by atoms with Crippen molar-refractivity contribution in [2.75, 3.05) is 23.1 Å². The Morgan fingerprint density at radius 3 is 1.27 bits per heavy atom. The van der Waals surface area contributed by atoms with Crippen molar-refractivity contribution in [3.05, 3.63) is 272 Å². The molecule has 0 saturated heterocycles. The molecule has 0 aliphatic heterocycles. The van der Waals surface area contributed by atoms with E-state index in [4.69, 9.17) is 0 Å². The summed E-state index contributed by atoms with van der Waals surface area (Å²) in [6.45, 7) is 5.76. The molecule has 0 radical (unpaired) electrons. The van der Waals surface area contributed by atoms with Crippen LogP contribution in [0.4, 0.5) is 34.1 Å². The van der Waals surface area contributed by atoms with Crippen LogP contribution in [0.2, 0.25) is 0 Å². The summed E-state index contributed by atoms with van der Waals surface area (Å²) in [7, 11) is 1.22. The van der Waals surface area contributed by atoms with Crippen molar-refractivity contribution in [2.45, 2.75) is 20.8 Å². The lowest BCUT2D eigenvalue weighted by molar-refractivity contribution is 0.0602. The SMILES string of the molecule is COC(=O)c1ccc(=O)c2nc3c(=CO)c(C)cc(=O)c3[nH]c12.Cc1cccc(Nc2cc(O)c3nc4ccccc4cc3c2)c1.Cc1cccc(Nc2cc(O)c3nc4ccccc4cc3c2)c1.Oc1cc(Nc2ccccc2)cc2cc3ccccc3nc12. The third-order valence-corrected chi connectivity index (χ3v) is 15.1. The van der Waals surface area contributed by atoms with Gasteiger partial charge in [-0.3, -0.25) is 9.59 Å². The zero-order valence-corrected chi connectivity index (χ0v) is 49.7. The fraction of sp³-hybridized carbons (Fsp3) is 0.0533. The number of esters is 1. The van der Waals surface area contributed by atoms with Gasteiger partial charge in [0.2, 0.25) is 10.9 Å². The fourth-order valence-electron chi connectivity index (χ4n) is 10.8. The maximum atomic E-state index is 12.2. The van der Waals surface area contributed by atoms with Gasteiger partial charge in [-0.25, -0.2) is 24.7 Å². The molecule has 0 amide bonds. The molecule has 15 rings (SSSR count). The number of pyridine rings is 3. The predicted octanol–water partition coefficient (Wildman–Crippen LogP) is 15.7. The van der Waals surface area contributed by atoms with E-state index in [1.807, 2.05) is 152 Å². The average molecular weight is 1200 g/mol. The van der Waals surface area contributed by atoms with Gasteiger partial charge in [0.05, 0.1) is 41.0 Å². The van der Waals surface area contributed by atoms with Gasteiger partial charge >= 0.3 is 5.97 Å². The number of H-pyrrole nitrogens is 1. The molecular formula is C75H58N8O8. The summed E-state index contributed by atoms with van der Waals surface area (Å²) >= 11 is 0. The molecule has 11 aromatic carbocycles. The topological polar surface area (TPSA) is 245 Å². The molecule has 0 spiro atoms. The quantitative estimate of drug-likeness (QED) is 0.0546. The van der Waals surface area contributed by atoms with E-state index in [-0.39, 0.29) is 50.3 Å². The minimum atomic E-state index is -0.652. The van der Waals surface area contributed by atoms with E-state index in [1.54, 1.807) is 25.1 Å². The Balaban J connectivity index is 0.000000117. The molecule has 16 nitrogen and oxygen atoms in total. The normalized spacial score (nSPS) is 11.2. The number of aliphatic hydroxyl groups is 1. The van der Waals surface area contributed by atoms with Crippen LogP contribution in [-0.2, 0) is 4.74 Å². The molecule has 0 unspecified atom stereocenters. The Hall–Kier alpha value is -12.4. The first-order valence-corrected chi connectivity index (χ1v) is 29.0. The van der Waals surface area contributed by atoms with E-state index in [9.17, 15) is 34.8 Å². The molecule has 4 heterocycles. The summed E-state index contributed by atoms with van der Waals surface area (Å²) in [6.07, 6.45) is 0.832. The summed E-state index contributed by atoms with van der Waals surface area (Å²) in [6, 6.07) is 71.1. The highest BCUT2D eigenvalue weighted by Gasteiger charge is 2.17. The molecule has 0 bridgehead atoms. The molecule has 15 aromatic rings. The van der Waals surface area contributed by atoms with Crippen molar-refractivity contribution >= 4 is 134 Å². The monoisotopic (exact) mass is 1200 g/mol. The highest BCUT2D eigenvalue weighted by molar-refractivity contribution is 6.04. The smallest absolute Gasteiger partial charge is 0.340 e. The number of phenolic OH excluding ortho intramolecular Hbond substituents is 3. The van der Waals surface area contributed by atoms with Crippen LogP contribution in [-0.4, -0.2) is 58.4 Å². The number of aliphatic hydroxyl groups excluding tert-OH is 1. The Morgan fingerprint density at radius 1 is 0.407 bits per heavy atom. The van der Waals surface area contributed by atoms with Crippen LogP contribution in [0.1, 0.15) is 27.0 Å². The highest BCUT2D eigenvalue weighted by atomic mass is 16.5. The number of ether oxygens (including phenoxy) is 1. The molecule has 91 heavy (non-hydrogen) atoms. The molecule has 0 aliphatic rings.